The molecule has 0 bridgehead atoms. The molecular formula is C14H30N2O. The van der Waals surface area contributed by atoms with E-state index >= 15 is 0 Å². The highest BCUT2D eigenvalue weighted by molar-refractivity contribution is 4.89. The van der Waals surface area contributed by atoms with E-state index in [1.54, 1.807) is 7.11 Å². The van der Waals surface area contributed by atoms with Gasteiger partial charge in [0.25, 0.3) is 0 Å². The Balaban J connectivity index is 2.24. The minimum absolute atomic E-state index is 0.315. The molecule has 0 amide bonds. The summed E-state index contributed by atoms with van der Waals surface area (Å²) in [5, 5.41) is 0. The van der Waals surface area contributed by atoms with Crippen molar-refractivity contribution in [3.05, 3.63) is 0 Å². The number of rotatable bonds is 8. The third-order valence-electron chi connectivity index (χ3n) is 4.43. The first-order valence-corrected chi connectivity index (χ1v) is 7.12. The molecule has 1 fully saturated rings. The van der Waals surface area contributed by atoms with Crippen LogP contribution in [0.25, 0.3) is 0 Å². The highest BCUT2D eigenvalue weighted by Crippen LogP contribution is 2.36. The van der Waals surface area contributed by atoms with Gasteiger partial charge < -0.3 is 15.4 Å². The zero-order valence-electron chi connectivity index (χ0n) is 11.9. The Labute approximate surface area is 107 Å². The molecule has 1 aliphatic heterocycles. The standard InChI is InChI=1S/C14H30N2O/c1-4-14(5-2)8-9-16(12-14)11-13(15)7-6-10-17-3/h13H,4-12,15H2,1-3H3. The van der Waals surface area contributed by atoms with Gasteiger partial charge in [0.15, 0.2) is 0 Å². The molecule has 0 saturated carbocycles. The molecule has 3 heteroatoms. The smallest absolute Gasteiger partial charge is 0.0462 e. The number of nitrogens with zero attached hydrogens (tertiary/aromatic N) is 1. The number of methoxy groups -OCH3 is 1. The summed E-state index contributed by atoms with van der Waals surface area (Å²) in [5.74, 6) is 0. The maximum absolute atomic E-state index is 6.17. The minimum atomic E-state index is 0.315. The number of ether oxygens (including phenoxy) is 1. The predicted octanol–water partition coefficient (Wildman–Crippen LogP) is 2.25. The van der Waals surface area contributed by atoms with Gasteiger partial charge in [-0.1, -0.05) is 13.8 Å². The van der Waals surface area contributed by atoms with Gasteiger partial charge in [0.05, 0.1) is 0 Å². The second-order valence-corrected chi connectivity index (χ2v) is 5.59. The molecule has 0 spiro atoms. The van der Waals surface area contributed by atoms with Crippen LogP contribution in [-0.4, -0.2) is 44.3 Å². The molecule has 0 aromatic heterocycles. The lowest BCUT2D eigenvalue weighted by Crippen LogP contribution is -2.37. The summed E-state index contributed by atoms with van der Waals surface area (Å²) in [7, 11) is 1.75. The van der Waals surface area contributed by atoms with Gasteiger partial charge in [0, 0.05) is 32.8 Å². The lowest BCUT2D eigenvalue weighted by Gasteiger charge is -2.27. The maximum Gasteiger partial charge on any atom is 0.0462 e. The van der Waals surface area contributed by atoms with E-state index in [1.807, 2.05) is 0 Å². The van der Waals surface area contributed by atoms with Crippen molar-refractivity contribution in [2.45, 2.75) is 52.0 Å². The highest BCUT2D eigenvalue weighted by Gasteiger charge is 2.34. The van der Waals surface area contributed by atoms with Crippen LogP contribution in [0.15, 0.2) is 0 Å². The summed E-state index contributed by atoms with van der Waals surface area (Å²) >= 11 is 0. The summed E-state index contributed by atoms with van der Waals surface area (Å²) in [5.41, 5.74) is 6.74. The Hall–Kier alpha value is -0.120. The summed E-state index contributed by atoms with van der Waals surface area (Å²) in [6.07, 6.45) is 6.12. The topological polar surface area (TPSA) is 38.5 Å². The van der Waals surface area contributed by atoms with E-state index in [0.717, 1.165) is 26.0 Å². The molecule has 2 N–H and O–H groups in total. The maximum atomic E-state index is 6.17. The fourth-order valence-electron chi connectivity index (χ4n) is 2.92. The van der Waals surface area contributed by atoms with Gasteiger partial charge in [-0.05, 0) is 44.1 Å². The summed E-state index contributed by atoms with van der Waals surface area (Å²) in [4.78, 5) is 2.56. The fourth-order valence-corrected chi connectivity index (χ4v) is 2.92. The van der Waals surface area contributed by atoms with Crippen molar-refractivity contribution in [3.8, 4) is 0 Å². The molecule has 17 heavy (non-hydrogen) atoms. The van der Waals surface area contributed by atoms with Crippen LogP contribution in [0, 0.1) is 5.41 Å². The second kappa shape index (κ2) is 7.34. The van der Waals surface area contributed by atoms with E-state index in [2.05, 4.69) is 18.7 Å². The van der Waals surface area contributed by atoms with E-state index in [0.29, 0.717) is 11.5 Å². The average molecular weight is 242 g/mol. The normalized spacial score (nSPS) is 21.9. The molecule has 3 nitrogen and oxygen atoms in total. The van der Waals surface area contributed by atoms with Gasteiger partial charge in [0.1, 0.15) is 0 Å². The van der Waals surface area contributed by atoms with Crippen LogP contribution < -0.4 is 5.73 Å². The molecule has 1 aliphatic rings. The van der Waals surface area contributed by atoms with E-state index in [4.69, 9.17) is 10.5 Å². The van der Waals surface area contributed by atoms with Crippen molar-refractivity contribution in [3.63, 3.8) is 0 Å². The van der Waals surface area contributed by atoms with Gasteiger partial charge in [-0.15, -0.1) is 0 Å². The molecule has 1 saturated heterocycles. The van der Waals surface area contributed by atoms with Crippen LogP contribution >= 0.6 is 0 Å². The number of nitrogens with two attached hydrogens (primary N) is 1. The Kier molecular flexibility index (Phi) is 6.45. The fraction of sp³-hybridized carbons (Fsp3) is 1.00. The quantitative estimate of drug-likeness (QED) is 0.664. The van der Waals surface area contributed by atoms with Crippen molar-refractivity contribution in [2.24, 2.45) is 11.1 Å². The zero-order valence-corrected chi connectivity index (χ0v) is 11.9. The summed E-state index contributed by atoms with van der Waals surface area (Å²) in [6.45, 7) is 9.03. The first-order valence-electron chi connectivity index (χ1n) is 7.12. The third-order valence-corrected chi connectivity index (χ3v) is 4.43. The highest BCUT2D eigenvalue weighted by atomic mass is 16.5. The van der Waals surface area contributed by atoms with E-state index < -0.39 is 0 Å². The van der Waals surface area contributed by atoms with Crippen molar-refractivity contribution in [2.75, 3.05) is 33.4 Å². The zero-order chi connectivity index (χ0) is 12.7. The molecule has 102 valence electrons. The van der Waals surface area contributed by atoms with Crippen LogP contribution in [0.4, 0.5) is 0 Å². The first kappa shape index (κ1) is 14.9. The van der Waals surface area contributed by atoms with Gasteiger partial charge in [0.2, 0.25) is 0 Å². The predicted molar refractivity (Wildman–Crippen MR) is 73.2 cm³/mol. The first-order chi connectivity index (χ1) is 8.15. The van der Waals surface area contributed by atoms with Gasteiger partial charge >= 0.3 is 0 Å². The van der Waals surface area contributed by atoms with Gasteiger partial charge in [-0.3, -0.25) is 0 Å². The van der Waals surface area contributed by atoms with Crippen LogP contribution in [0.3, 0.4) is 0 Å². The molecule has 1 unspecified atom stereocenters. The Morgan fingerprint density at radius 3 is 2.59 bits per heavy atom. The van der Waals surface area contributed by atoms with Crippen molar-refractivity contribution in [1.29, 1.82) is 0 Å². The van der Waals surface area contributed by atoms with Crippen LogP contribution in [0.5, 0.6) is 0 Å². The number of hydrogen-bond donors (Lipinski definition) is 1. The van der Waals surface area contributed by atoms with E-state index in [9.17, 15) is 0 Å². The van der Waals surface area contributed by atoms with Crippen LogP contribution in [0.2, 0.25) is 0 Å². The number of hydrogen-bond acceptors (Lipinski definition) is 3. The summed E-state index contributed by atoms with van der Waals surface area (Å²) in [6, 6.07) is 0.315. The summed E-state index contributed by atoms with van der Waals surface area (Å²) < 4.78 is 5.06. The Morgan fingerprint density at radius 1 is 1.35 bits per heavy atom. The average Bonchev–Trinajstić information content (AvgIpc) is 2.73. The van der Waals surface area contributed by atoms with Gasteiger partial charge in [-0.25, -0.2) is 0 Å². The van der Waals surface area contributed by atoms with Crippen LogP contribution in [-0.2, 0) is 4.74 Å². The molecule has 0 radical (unpaired) electrons. The van der Waals surface area contributed by atoms with Crippen molar-refractivity contribution < 1.29 is 4.74 Å². The van der Waals surface area contributed by atoms with Gasteiger partial charge in [-0.2, -0.15) is 0 Å². The monoisotopic (exact) mass is 242 g/mol. The lowest BCUT2D eigenvalue weighted by molar-refractivity contribution is 0.185. The molecule has 0 aromatic rings. The van der Waals surface area contributed by atoms with Crippen molar-refractivity contribution >= 4 is 0 Å². The SMILES string of the molecule is CCC1(CC)CCN(CC(N)CCCOC)C1. The lowest BCUT2D eigenvalue weighted by atomic mass is 9.82. The molecular weight excluding hydrogens is 212 g/mol. The molecule has 1 atom stereocenters. The molecule has 0 aromatic carbocycles. The van der Waals surface area contributed by atoms with E-state index in [-0.39, 0.29) is 0 Å². The second-order valence-electron chi connectivity index (χ2n) is 5.59. The minimum Gasteiger partial charge on any atom is -0.385 e. The van der Waals surface area contributed by atoms with Crippen LogP contribution in [0.1, 0.15) is 46.0 Å². The number of likely N-dealkylation sites (tertiary alicyclic amines) is 1. The van der Waals surface area contributed by atoms with Crippen molar-refractivity contribution in [1.82, 2.24) is 4.90 Å². The molecule has 1 rings (SSSR count). The third kappa shape index (κ3) is 4.57. The Morgan fingerprint density at radius 2 is 2.06 bits per heavy atom. The van der Waals surface area contributed by atoms with E-state index in [1.165, 1.54) is 32.4 Å². The largest absolute Gasteiger partial charge is 0.385 e. The Bertz CT molecular complexity index is 204. The molecule has 1 heterocycles. The molecule has 0 aliphatic carbocycles.